The molecule has 0 saturated heterocycles. The average molecular weight is 407 g/mol. The Kier molecular flexibility index (Phi) is 3.86. The maximum absolute atomic E-state index is 6.10. The zero-order chi connectivity index (χ0) is 12.7. The van der Waals surface area contributed by atoms with Crippen molar-refractivity contribution in [3.8, 4) is 0 Å². The molecule has 4 heteroatoms. The molecule has 1 aliphatic rings. The van der Waals surface area contributed by atoms with Crippen molar-refractivity contribution in [2.75, 3.05) is 0 Å². The minimum atomic E-state index is 0.413. The largest absolute Gasteiger partial charge is 0.126 e. The van der Waals surface area contributed by atoms with E-state index >= 15 is 0 Å². The molecule has 0 nitrogen and oxygen atoms in total. The van der Waals surface area contributed by atoms with Crippen molar-refractivity contribution in [3.63, 3.8) is 0 Å². The van der Waals surface area contributed by atoms with Gasteiger partial charge in [-0.1, -0.05) is 57.9 Å². The molecule has 1 aromatic carbocycles. The van der Waals surface area contributed by atoms with E-state index in [-0.39, 0.29) is 0 Å². The van der Waals surface area contributed by atoms with Gasteiger partial charge in [0.2, 0.25) is 0 Å². The third kappa shape index (κ3) is 2.55. The number of halogens is 3. The van der Waals surface area contributed by atoms with Gasteiger partial charge in [0, 0.05) is 9.35 Å². The second kappa shape index (κ2) is 5.28. The molecule has 1 aromatic heterocycles. The Balaban J connectivity index is 1.75. The van der Waals surface area contributed by atoms with Crippen LogP contribution in [0.25, 0.3) is 0 Å². The monoisotopic (exact) mass is 404 g/mol. The first-order valence-electron chi connectivity index (χ1n) is 5.80. The molecule has 1 heterocycles. The van der Waals surface area contributed by atoms with Gasteiger partial charge >= 0.3 is 0 Å². The first kappa shape index (κ1) is 13.2. The van der Waals surface area contributed by atoms with Crippen LogP contribution >= 0.6 is 54.8 Å². The number of hydrogen-bond donors (Lipinski definition) is 0. The fourth-order valence-corrected chi connectivity index (χ4v) is 5.12. The van der Waals surface area contributed by atoms with Gasteiger partial charge < -0.3 is 0 Å². The molecule has 94 valence electrons. The SMILES string of the molecule is Clc1sc(C(Br)C2CC2c2ccccc2)cc1Br. The van der Waals surface area contributed by atoms with Crippen molar-refractivity contribution in [1.82, 2.24) is 0 Å². The molecular formula is C14H11Br2ClS. The van der Waals surface area contributed by atoms with E-state index in [9.17, 15) is 0 Å². The summed E-state index contributed by atoms with van der Waals surface area (Å²) in [6, 6.07) is 12.9. The van der Waals surface area contributed by atoms with E-state index < -0.39 is 0 Å². The van der Waals surface area contributed by atoms with Crippen LogP contribution in [0.4, 0.5) is 0 Å². The zero-order valence-electron chi connectivity index (χ0n) is 9.45. The lowest BCUT2D eigenvalue weighted by molar-refractivity contribution is 0.798. The average Bonchev–Trinajstić information content (AvgIpc) is 3.11. The summed E-state index contributed by atoms with van der Waals surface area (Å²) in [6.07, 6.45) is 1.26. The fraction of sp³-hybridized carbons (Fsp3) is 0.286. The number of benzene rings is 1. The van der Waals surface area contributed by atoms with E-state index in [4.69, 9.17) is 11.6 Å². The minimum Gasteiger partial charge on any atom is -0.126 e. The number of rotatable bonds is 3. The minimum absolute atomic E-state index is 0.413. The smallest absolute Gasteiger partial charge is 0.107 e. The van der Waals surface area contributed by atoms with Crippen molar-refractivity contribution in [1.29, 1.82) is 0 Å². The van der Waals surface area contributed by atoms with Gasteiger partial charge in [0.25, 0.3) is 0 Å². The van der Waals surface area contributed by atoms with Crippen LogP contribution in [-0.2, 0) is 0 Å². The van der Waals surface area contributed by atoms with Crippen LogP contribution in [0.3, 0.4) is 0 Å². The zero-order valence-corrected chi connectivity index (χ0v) is 14.2. The molecule has 0 radical (unpaired) electrons. The Hall–Kier alpha value is 0.170. The first-order chi connectivity index (χ1) is 8.66. The Morgan fingerprint density at radius 3 is 2.61 bits per heavy atom. The van der Waals surface area contributed by atoms with Crippen molar-refractivity contribution >= 4 is 54.8 Å². The molecule has 3 rings (SSSR count). The van der Waals surface area contributed by atoms with Crippen LogP contribution in [0.2, 0.25) is 4.34 Å². The summed E-state index contributed by atoms with van der Waals surface area (Å²) in [5, 5.41) is 0. The summed E-state index contributed by atoms with van der Waals surface area (Å²) in [4.78, 5) is 1.73. The third-order valence-corrected chi connectivity index (χ3v) is 7.41. The molecule has 0 N–H and O–H groups in total. The lowest BCUT2D eigenvalue weighted by Gasteiger charge is -2.06. The van der Waals surface area contributed by atoms with Crippen LogP contribution in [0.5, 0.6) is 0 Å². The second-order valence-corrected chi connectivity index (χ2v) is 8.12. The quantitative estimate of drug-likeness (QED) is 0.517. The highest BCUT2D eigenvalue weighted by Crippen LogP contribution is 2.58. The van der Waals surface area contributed by atoms with Gasteiger partial charge in [-0.3, -0.25) is 0 Å². The molecule has 18 heavy (non-hydrogen) atoms. The van der Waals surface area contributed by atoms with Gasteiger partial charge in [-0.2, -0.15) is 0 Å². The van der Waals surface area contributed by atoms with Crippen molar-refractivity contribution in [2.24, 2.45) is 5.92 Å². The van der Waals surface area contributed by atoms with Gasteiger partial charge in [-0.25, -0.2) is 0 Å². The molecule has 1 saturated carbocycles. The maximum atomic E-state index is 6.10. The van der Waals surface area contributed by atoms with Crippen LogP contribution < -0.4 is 0 Å². The molecule has 0 bridgehead atoms. The summed E-state index contributed by atoms with van der Waals surface area (Å²) in [5.74, 6) is 1.38. The third-order valence-electron chi connectivity index (χ3n) is 3.38. The Labute approximate surface area is 133 Å². The molecule has 3 atom stereocenters. The van der Waals surface area contributed by atoms with Crippen LogP contribution in [0.1, 0.15) is 27.6 Å². The molecular weight excluding hydrogens is 395 g/mol. The first-order valence-corrected chi connectivity index (χ1v) is 8.71. The Morgan fingerprint density at radius 2 is 2.00 bits per heavy atom. The van der Waals surface area contributed by atoms with Gasteiger partial charge in [0.05, 0.1) is 4.83 Å². The van der Waals surface area contributed by atoms with E-state index in [1.807, 2.05) is 0 Å². The molecule has 1 aliphatic carbocycles. The summed E-state index contributed by atoms with van der Waals surface area (Å²) in [7, 11) is 0. The Morgan fingerprint density at radius 1 is 1.28 bits per heavy atom. The standard InChI is InChI=1S/C14H11Br2ClS/c15-11-7-12(18-14(11)17)13(16)10-6-9(10)8-4-2-1-3-5-8/h1-5,7,9-10,13H,6H2. The molecule has 3 unspecified atom stereocenters. The van der Waals surface area contributed by atoms with E-state index in [1.54, 1.807) is 11.3 Å². The van der Waals surface area contributed by atoms with E-state index in [0.29, 0.717) is 16.7 Å². The van der Waals surface area contributed by atoms with Crippen molar-refractivity contribution in [3.05, 3.63) is 55.6 Å². The fourth-order valence-electron chi connectivity index (χ4n) is 2.33. The predicted molar refractivity (Wildman–Crippen MR) is 86.0 cm³/mol. The molecule has 0 aliphatic heterocycles. The number of alkyl halides is 1. The highest BCUT2D eigenvalue weighted by atomic mass is 79.9. The van der Waals surface area contributed by atoms with Gasteiger partial charge in [0.15, 0.2) is 0 Å². The highest BCUT2D eigenvalue weighted by Gasteiger charge is 2.43. The topological polar surface area (TPSA) is 0 Å². The molecule has 2 aromatic rings. The summed E-state index contributed by atoms with van der Waals surface area (Å²) in [5.41, 5.74) is 1.45. The lowest BCUT2D eigenvalue weighted by Crippen LogP contribution is -1.91. The van der Waals surface area contributed by atoms with E-state index in [0.717, 1.165) is 8.81 Å². The summed E-state index contributed by atoms with van der Waals surface area (Å²) >= 11 is 15.1. The van der Waals surface area contributed by atoms with Gasteiger partial charge in [-0.05, 0) is 45.8 Å². The summed E-state index contributed by atoms with van der Waals surface area (Å²) in [6.45, 7) is 0. The summed E-state index contributed by atoms with van der Waals surface area (Å²) < 4.78 is 1.84. The Bertz CT molecular complexity index is 533. The van der Waals surface area contributed by atoms with E-state index in [1.165, 1.54) is 16.9 Å². The predicted octanol–water partition coefficient (Wildman–Crippen LogP) is 6.40. The van der Waals surface area contributed by atoms with Crippen LogP contribution in [0.15, 0.2) is 40.9 Å². The van der Waals surface area contributed by atoms with E-state index in [2.05, 4.69) is 68.3 Å². The molecule has 1 fully saturated rings. The second-order valence-electron chi connectivity index (χ2n) is 4.59. The number of hydrogen-bond acceptors (Lipinski definition) is 1. The maximum Gasteiger partial charge on any atom is 0.107 e. The normalized spacial score (nSPS) is 23.9. The highest BCUT2D eigenvalue weighted by molar-refractivity contribution is 9.10. The lowest BCUT2D eigenvalue weighted by atomic mass is 10.1. The van der Waals surface area contributed by atoms with Gasteiger partial charge in [0.1, 0.15) is 4.34 Å². The van der Waals surface area contributed by atoms with Crippen LogP contribution in [-0.4, -0.2) is 0 Å². The van der Waals surface area contributed by atoms with Crippen LogP contribution in [0, 0.1) is 5.92 Å². The van der Waals surface area contributed by atoms with Gasteiger partial charge in [-0.15, -0.1) is 11.3 Å². The van der Waals surface area contributed by atoms with Crippen molar-refractivity contribution in [2.45, 2.75) is 17.2 Å². The molecule has 0 amide bonds. The van der Waals surface area contributed by atoms with Crippen molar-refractivity contribution < 1.29 is 0 Å². The number of thiophene rings is 1. The molecule has 0 spiro atoms.